The molecule has 0 saturated carbocycles. The lowest BCUT2D eigenvalue weighted by Crippen LogP contribution is -2.39. The molecule has 0 aliphatic heterocycles. The summed E-state index contributed by atoms with van der Waals surface area (Å²) in [6, 6.07) is 9.69. The number of aromatic nitrogens is 2. The molecule has 0 fully saturated rings. The van der Waals surface area contributed by atoms with Crippen LogP contribution in [0.1, 0.15) is 32.6 Å². The fraction of sp³-hybridized carbons (Fsp3) is 0.190. The van der Waals surface area contributed by atoms with Crippen LogP contribution in [-0.2, 0) is 6.54 Å². The van der Waals surface area contributed by atoms with Gasteiger partial charge in [0.15, 0.2) is 0 Å². The lowest BCUT2D eigenvalue weighted by Gasteiger charge is -2.13. The SMILES string of the molecule is Cc1cc(C)c(NC(=O)c2c[nH]c(=O)n(Cc3ccccc3F)c2=O)c(C)c1. The molecule has 1 heterocycles. The number of anilines is 1. The molecule has 0 atom stereocenters. The van der Waals surface area contributed by atoms with E-state index in [9.17, 15) is 18.8 Å². The van der Waals surface area contributed by atoms with Crippen molar-refractivity contribution in [1.29, 1.82) is 0 Å². The Bertz CT molecular complexity index is 1150. The quantitative estimate of drug-likeness (QED) is 0.729. The summed E-state index contributed by atoms with van der Waals surface area (Å²) in [5.74, 6) is -1.17. The van der Waals surface area contributed by atoms with Crippen LogP contribution in [0.5, 0.6) is 0 Å². The molecule has 144 valence electrons. The van der Waals surface area contributed by atoms with Gasteiger partial charge in [0, 0.05) is 17.4 Å². The highest BCUT2D eigenvalue weighted by molar-refractivity contribution is 6.04. The lowest BCUT2D eigenvalue weighted by atomic mass is 10.0. The van der Waals surface area contributed by atoms with Crippen molar-refractivity contribution in [2.75, 3.05) is 5.32 Å². The molecule has 0 aliphatic rings. The monoisotopic (exact) mass is 381 g/mol. The Morgan fingerprint density at radius 1 is 1.11 bits per heavy atom. The molecule has 0 unspecified atom stereocenters. The van der Waals surface area contributed by atoms with E-state index in [1.165, 1.54) is 18.2 Å². The standard InChI is InChI=1S/C21H20FN3O3/c1-12-8-13(2)18(14(3)9-12)24-19(26)16-10-23-21(28)25(20(16)27)11-15-6-4-5-7-17(15)22/h4-10H,11H2,1-3H3,(H,23,28)(H,24,26). The highest BCUT2D eigenvalue weighted by Crippen LogP contribution is 2.22. The second-order valence-electron chi connectivity index (χ2n) is 6.72. The summed E-state index contributed by atoms with van der Waals surface area (Å²) in [5.41, 5.74) is 1.85. The third kappa shape index (κ3) is 3.78. The number of carbonyl (C=O) groups is 1. The van der Waals surface area contributed by atoms with Crippen LogP contribution in [0, 0.1) is 26.6 Å². The number of amides is 1. The number of aromatic amines is 1. The van der Waals surface area contributed by atoms with E-state index in [-0.39, 0.29) is 17.7 Å². The average Bonchev–Trinajstić information content (AvgIpc) is 2.63. The summed E-state index contributed by atoms with van der Waals surface area (Å²) in [5, 5.41) is 2.74. The number of nitrogens with one attached hydrogen (secondary N) is 2. The first-order valence-electron chi connectivity index (χ1n) is 8.73. The van der Waals surface area contributed by atoms with Crippen molar-refractivity contribution < 1.29 is 9.18 Å². The molecule has 0 aliphatic carbocycles. The third-order valence-corrected chi connectivity index (χ3v) is 4.51. The number of H-pyrrole nitrogens is 1. The van der Waals surface area contributed by atoms with Crippen LogP contribution in [-0.4, -0.2) is 15.5 Å². The van der Waals surface area contributed by atoms with Crippen LogP contribution < -0.4 is 16.6 Å². The molecule has 6 nitrogen and oxygen atoms in total. The number of halogens is 1. The smallest absolute Gasteiger partial charge is 0.321 e. The van der Waals surface area contributed by atoms with Gasteiger partial charge < -0.3 is 10.3 Å². The molecule has 28 heavy (non-hydrogen) atoms. The van der Waals surface area contributed by atoms with Crippen LogP contribution in [0.2, 0.25) is 0 Å². The second kappa shape index (κ2) is 7.64. The minimum atomic E-state index is -0.785. The van der Waals surface area contributed by atoms with E-state index in [0.29, 0.717) is 5.69 Å². The Morgan fingerprint density at radius 3 is 2.39 bits per heavy atom. The molecule has 7 heteroatoms. The molecule has 0 spiro atoms. The molecule has 0 bridgehead atoms. The molecule has 0 saturated heterocycles. The van der Waals surface area contributed by atoms with Gasteiger partial charge in [-0.1, -0.05) is 35.9 Å². The zero-order valence-electron chi connectivity index (χ0n) is 15.8. The van der Waals surface area contributed by atoms with E-state index in [1.807, 2.05) is 32.9 Å². The number of nitrogens with zero attached hydrogens (tertiary/aromatic N) is 1. The molecule has 3 rings (SSSR count). The first-order chi connectivity index (χ1) is 13.3. The summed E-state index contributed by atoms with van der Waals surface area (Å²) in [7, 11) is 0. The summed E-state index contributed by atoms with van der Waals surface area (Å²) in [6.45, 7) is 5.40. The maximum Gasteiger partial charge on any atom is 0.328 e. The van der Waals surface area contributed by atoms with Crippen molar-refractivity contribution in [2.24, 2.45) is 0 Å². The van der Waals surface area contributed by atoms with Crippen LogP contribution in [0.4, 0.5) is 10.1 Å². The maximum absolute atomic E-state index is 13.9. The predicted molar refractivity (Wildman–Crippen MR) is 105 cm³/mol. The first-order valence-corrected chi connectivity index (χ1v) is 8.73. The van der Waals surface area contributed by atoms with Crippen molar-refractivity contribution in [1.82, 2.24) is 9.55 Å². The summed E-state index contributed by atoms with van der Waals surface area (Å²) in [4.78, 5) is 39.9. The minimum absolute atomic E-state index is 0.179. The molecule has 3 aromatic rings. The Labute approximate surface area is 160 Å². The number of hydrogen-bond donors (Lipinski definition) is 2. The first kappa shape index (κ1) is 19.3. The van der Waals surface area contributed by atoms with E-state index < -0.39 is 23.0 Å². The van der Waals surface area contributed by atoms with Crippen molar-refractivity contribution in [2.45, 2.75) is 27.3 Å². The van der Waals surface area contributed by atoms with E-state index in [4.69, 9.17) is 0 Å². The van der Waals surface area contributed by atoms with Gasteiger partial charge in [-0.2, -0.15) is 0 Å². The summed E-state index contributed by atoms with van der Waals surface area (Å²) < 4.78 is 14.7. The number of aryl methyl sites for hydroxylation is 3. The van der Waals surface area contributed by atoms with Gasteiger partial charge in [0.2, 0.25) is 0 Å². The van der Waals surface area contributed by atoms with E-state index in [0.717, 1.165) is 27.5 Å². The van der Waals surface area contributed by atoms with E-state index in [2.05, 4.69) is 10.3 Å². The van der Waals surface area contributed by atoms with Crippen LogP contribution in [0.3, 0.4) is 0 Å². The van der Waals surface area contributed by atoms with Gasteiger partial charge in [-0.05, 0) is 38.0 Å². The summed E-state index contributed by atoms with van der Waals surface area (Å²) in [6.07, 6.45) is 1.08. The maximum atomic E-state index is 13.9. The molecule has 2 aromatic carbocycles. The van der Waals surface area contributed by atoms with Crippen LogP contribution in [0.15, 0.2) is 52.2 Å². The normalized spacial score (nSPS) is 10.7. The second-order valence-corrected chi connectivity index (χ2v) is 6.72. The molecular formula is C21H20FN3O3. The molecule has 0 radical (unpaired) electrons. The zero-order chi connectivity index (χ0) is 20.4. The molecule has 1 amide bonds. The number of carbonyl (C=O) groups excluding carboxylic acids is 1. The van der Waals surface area contributed by atoms with Crippen LogP contribution in [0.25, 0.3) is 0 Å². The highest BCUT2D eigenvalue weighted by atomic mass is 19.1. The number of benzene rings is 2. The van der Waals surface area contributed by atoms with Gasteiger partial charge in [-0.3, -0.25) is 14.2 Å². The fourth-order valence-corrected chi connectivity index (χ4v) is 3.17. The number of hydrogen-bond acceptors (Lipinski definition) is 3. The van der Waals surface area contributed by atoms with Crippen molar-refractivity contribution in [3.8, 4) is 0 Å². The number of rotatable bonds is 4. The molecule has 1 aromatic heterocycles. The van der Waals surface area contributed by atoms with Crippen molar-refractivity contribution in [3.63, 3.8) is 0 Å². The van der Waals surface area contributed by atoms with E-state index in [1.54, 1.807) is 6.07 Å². The van der Waals surface area contributed by atoms with Gasteiger partial charge in [-0.25, -0.2) is 9.18 Å². The fourth-order valence-electron chi connectivity index (χ4n) is 3.17. The topological polar surface area (TPSA) is 84.0 Å². The molecule has 2 N–H and O–H groups in total. The Balaban J connectivity index is 1.98. The van der Waals surface area contributed by atoms with Gasteiger partial charge in [0.25, 0.3) is 11.5 Å². The van der Waals surface area contributed by atoms with Crippen molar-refractivity contribution >= 4 is 11.6 Å². The largest absolute Gasteiger partial charge is 0.328 e. The zero-order valence-corrected chi connectivity index (χ0v) is 15.8. The lowest BCUT2D eigenvalue weighted by molar-refractivity contribution is 0.102. The summed E-state index contributed by atoms with van der Waals surface area (Å²) >= 11 is 0. The third-order valence-electron chi connectivity index (χ3n) is 4.51. The molecular weight excluding hydrogens is 361 g/mol. The Kier molecular flexibility index (Phi) is 5.26. The van der Waals surface area contributed by atoms with Gasteiger partial charge in [0.1, 0.15) is 11.4 Å². The van der Waals surface area contributed by atoms with Crippen LogP contribution >= 0.6 is 0 Å². The van der Waals surface area contributed by atoms with Gasteiger partial charge in [0.05, 0.1) is 6.54 Å². The van der Waals surface area contributed by atoms with Crippen molar-refractivity contribution in [3.05, 3.63) is 97.1 Å². The Morgan fingerprint density at radius 2 is 1.75 bits per heavy atom. The predicted octanol–water partition coefficient (Wildman–Crippen LogP) is 2.90. The Hall–Kier alpha value is -3.48. The van der Waals surface area contributed by atoms with Gasteiger partial charge >= 0.3 is 5.69 Å². The minimum Gasteiger partial charge on any atom is -0.321 e. The van der Waals surface area contributed by atoms with Gasteiger partial charge in [-0.15, -0.1) is 0 Å². The average molecular weight is 381 g/mol. The highest BCUT2D eigenvalue weighted by Gasteiger charge is 2.17. The van der Waals surface area contributed by atoms with E-state index >= 15 is 0 Å².